The Balaban J connectivity index is 2.20. The van der Waals surface area contributed by atoms with Crippen LogP contribution >= 0.6 is 11.6 Å². The maximum Gasteiger partial charge on any atom is 0.161 e. The molecule has 0 spiro atoms. The molecule has 0 aromatic carbocycles. The van der Waals surface area contributed by atoms with Gasteiger partial charge in [-0.3, -0.25) is 0 Å². The maximum atomic E-state index is 6.25. The molecule has 4 nitrogen and oxygen atoms in total. The van der Waals surface area contributed by atoms with E-state index in [2.05, 4.69) is 28.9 Å². The molecule has 2 aromatic rings. The molecule has 0 radical (unpaired) electrons. The zero-order valence-electron chi connectivity index (χ0n) is 11.7. The van der Waals surface area contributed by atoms with Crippen molar-refractivity contribution < 1.29 is 0 Å². The fourth-order valence-corrected chi connectivity index (χ4v) is 2.32. The monoisotopic (exact) mass is 276 g/mol. The number of hydrogen-bond acceptors (Lipinski definition) is 3. The van der Waals surface area contributed by atoms with Gasteiger partial charge in [0.25, 0.3) is 0 Å². The van der Waals surface area contributed by atoms with Crippen LogP contribution in [0.2, 0.25) is 5.15 Å². The first kappa shape index (κ1) is 12.6. The van der Waals surface area contributed by atoms with Crippen molar-refractivity contribution in [2.45, 2.75) is 46.5 Å². The summed E-state index contributed by atoms with van der Waals surface area (Å²) in [6, 6.07) is 0. The Morgan fingerprint density at radius 1 is 1.05 bits per heavy atom. The summed E-state index contributed by atoms with van der Waals surface area (Å²) in [7, 11) is 0. The van der Waals surface area contributed by atoms with Crippen molar-refractivity contribution >= 4 is 11.6 Å². The normalized spacial score (nSPS) is 15.0. The number of hydrogen-bond donors (Lipinski definition) is 0. The Morgan fingerprint density at radius 3 is 2.26 bits per heavy atom. The molecule has 0 N–H and O–H groups in total. The Kier molecular flexibility index (Phi) is 2.86. The molecule has 3 rings (SSSR count). The van der Waals surface area contributed by atoms with Crippen LogP contribution in [0.1, 0.15) is 47.1 Å². The number of halogens is 1. The van der Waals surface area contributed by atoms with Crippen LogP contribution < -0.4 is 0 Å². The van der Waals surface area contributed by atoms with E-state index in [1.807, 2.05) is 18.5 Å². The van der Waals surface area contributed by atoms with Crippen LogP contribution in [0.5, 0.6) is 0 Å². The predicted octanol–water partition coefficient (Wildman–Crippen LogP) is 3.43. The first-order chi connectivity index (χ1) is 8.99. The van der Waals surface area contributed by atoms with Crippen molar-refractivity contribution in [2.24, 2.45) is 0 Å². The highest BCUT2D eigenvalue weighted by Gasteiger charge is 2.28. The minimum absolute atomic E-state index is 0.481. The standard InChI is InChI=1S/C14H17ClN4/c1-7-9(3)18-19(10(7)4)14-8(2)12(15)16-13(17-14)11-5-6-11/h11H,5-6H2,1-4H3. The van der Waals surface area contributed by atoms with Crippen molar-refractivity contribution in [3.63, 3.8) is 0 Å². The van der Waals surface area contributed by atoms with Gasteiger partial charge in [-0.1, -0.05) is 11.6 Å². The highest BCUT2D eigenvalue weighted by Crippen LogP contribution is 2.39. The van der Waals surface area contributed by atoms with Crippen LogP contribution in [0, 0.1) is 27.7 Å². The smallest absolute Gasteiger partial charge is 0.161 e. The van der Waals surface area contributed by atoms with Gasteiger partial charge in [0.1, 0.15) is 11.0 Å². The van der Waals surface area contributed by atoms with E-state index < -0.39 is 0 Å². The fraction of sp³-hybridized carbons (Fsp3) is 0.500. The van der Waals surface area contributed by atoms with E-state index in [0.717, 1.165) is 41.4 Å². The number of aryl methyl sites for hydroxylation is 1. The van der Waals surface area contributed by atoms with E-state index in [9.17, 15) is 0 Å². The van der Waals surface area contributed by atoms with Gasteiger partial charge in [0.2, 0.25) is 0 Å². The lowest BCUT2D eigenvalue weighted by atomic mass is 10.2. The van der Waals surface area contributed by atoms with Crippen LogP contribution in [0.15, 0.2) is 0 Å². The Hall–Kier alpha value is -1.42. The first-order valence-corrected chi connectivity index (χ1v) is 6.94. The molecule has 1 aliphatic rings. The third kappa shape index (κ3) is 2.04. The van der Waals surface area contributed by atoms with Gasteiger partial charge in [-0.15, -0.1) is 0 Å². The number of rotatable bonds is 2. The van der Waals surface area contributed by atoms with Crippen molar-refractivity contribution in [3.8, 4) is 5.82 Å². The van der Waals surface area contributed by atoms with Crippen molar-refractivity contribution in [1.29, 1.82) is 0 Å². The van der Waals surface area contributed by atoms with Crippen LogP contribution in [-0.4, -0.2) is 19.7 Å². The molecule has 1 saturated carbocycles. The molecule has 5 heteroatoms. The summed E-state index contributed by atoms with van der Waals surface area (Å²) in [4.78, 5) is 9.08. The molecule has 2 heterocycles. The summed E-state index contributed by atoms with van der Waals surface area (Å²) in [6.07, 6.45) is 2.32. The van der Waals surface area contributed by atoms with Gasteiger partial charge in [0.05, 0.1) is 5.69 Å². The highest BCUT2D eigenvalue weighted by molar-refractivity contribution is 6.30. The second kappa shape index (κ2) is 4.30. The van der Waals surface area contributed by atoms with Gasteiger partial charge in [-0.2, -0.15) is 5.10 Å². The van der Waals surface area contributed by atoms with Crippen LogP contribution in [0.3, 0.4) is 0 Å². The van der Waals surface area contributed by atoms with Gasteiger partial charge in [0, 0.05) is 17.2 Å². The van der Waals surface area contributed by atoms with Gasteiger partial charge in [0.15, 0.2) is 5.82 Å². The second-order valence-electron chi connectivity index (χ2n) is 5.30. The predicted molar refractivity (Wildman–Crippen MR) is 75.1 cm³/mol. The third-order valence-corrected chi connectivity index (χ3v) is 4.24. The quantitative estimate of drug-likeness (QED) is 0.790. The lowest BCUT2D eigenvalue weighted by molar-refractivity contribution is 0.771. The maximum absolute atomic E-state index is 6.25. The molecule has 0 bridgehead atoms. The Bertz CT molecular complexity index is 656. The van der Waals surface area contributed by atoms with E-state index in [1.54, 1.807) is 0 Å². The molecule has 0 atom stereocenters. The number of nitrogens with zero attached hydrogens (tertiary/aromatic N) is 4. The molecule has 0 amide bonds. The largest absolute Gasteiger partial charge is 0.220 e. The van der Waals surface area contributed by atoms with E-state index in [0.29, 0.717) is 11.1 Å². The molecular weight excluding hydrogens is 260 g/mol. The van der Waals surface area contributed by atoms with Crippen LogP contribution in [-0.2, 0) is 0 Å². The van der Waals surface area contributed by atoms with Gasteiger partial charge in [-0.25, -0.2) is 14.6 Å². The minimum Gasteiger partial charge on any atom is -0.220 e. The SMILES string of the molecule is Cc1nn(-c2nc(C3CC3)nc(Cl)c2C)c(C)c1C. The van der Waals surface area contributed by atoms with Gasteiger partial charge in [-0.05, 0) is 46.1 Å². The summed E-state index contributed by atoms with van der Waals surface area (Å²) in [5, 5.41) is 5.11. The van der Waals surface area contributed by atoms with Crippen LogP contribution in [0.25, 0.3) is 5.82 Å². The molecule has 1 fully saturated rings. The molecule has 0 saturated heterocycles. The lowest BCUT2D eigenvalue weighted by Crippen LogP contribution is -2.09. The van der Waals surface area contributed by atoms with E-state index in [1.165, 1.54) is 5.56 Å². The summed E-state index contributed by atoms with van der Waals surface area (Å²) >= 11 is 6.25. The van der Waals surface area contributed by atoms with E-state index in [-0.39, 0.29) is 0 Å². The highest BCUT2D eigenvalue weighted by atomic mass is 35.5. The van der Waals surface area contributed by atoms with E-state index in [4.69, 9.17) is 11.6 Å². The zero-order chi connectivity index (χ0) is 13.7. The van der Waals surface area contributed by atoms with Crippen LogP contribution in [0.4, 0.5) is 0 Å². The van der Waals surface area contributed by atoms with E-state index >= 15 is 0 Å². The van der Waals surface area contributed by atoms with Crippen molar-refractivity contribution in [2.75, 3.05) is 0 Å². The van der Waals surface area contributed by atoms with Crippen molar-refractivity contribution in [1.82, 2.24) is 19.7 Å². The minimum atomic E-state index is 0.481. The molecular formula is C14H17ClN4. The fourth-order valence-electron chi connectivity index (χ4n) is 2.15. The molecule has 19 heavy (non-hydrogen) atoms. The van der Waals surface area contributed by atoms with Gasteiger partial charge < -0.3 is 0 Å². The molecule has 2 aromatic heterocycles. The first-order valence-electron chi connectivity index (χ1n) is 6.56. The topological polar surface area (TPSA) is 43.6 Å². The lowest BCUT2D eigenvalue weighted by Gasteiger charge is -2.10. The van der Waals surface area contributed by atoms with Crippen molar-refractivity contribution in [3.05, 3.63) is 33.5 Å². The third-order valence-electron chi connectivity index (χ3n) is 3.87. The summed E-state index contributed by atoms with van der Waals surface area (Å²) in [6.45, 7) is 8.09. The molecule has 1 aliphatic carbocycles. The average molecular weight is 277 g/mol. The summed E-state index contributed by atoms with van der Waals surface area (Å²) in [5.41, 5.74) is 4.22. The van der Waals surface area contributed by atoms with Gasteiger partial charge >= 0.3 is 0 Å². The molecule has 100 valence electrons. The summed E-state index contributed by atoms with van der Waals surface area (Å²) < 4.78 is 1.89. The average Bonchev–Trinajstić information content (AvgIpc) is 3.18. The Morgan fingerprint density at radius 2 is 1.74 bits per heavy atom. The number of aromatic nitrogens is 4. The summed E-state index contributed by atoms with van der Waals surface area (Å²) in [5.74, 6) is 2.15. The molecule has 0 aliphatic heterocycles. The second-order valence-corrected chi connectivity index (χ2v) is 5.66. The Labute approximate surface area is 117 Å². The molecule has 0 unspecified atom stereocenters. The zero-order valence-corrected chi connectivity index (χ0v) is 12.4.